The van der Waals surface area contributed by atoms with Crippen molar-refractivity contribution in [2.75, 3.05) is 46.3 Å². The molecule has 7 heteroatoms. The molecule has 0 saturated carbocycles. The zero-order chi connectivity index (χ0) is 17.5. The maximum Gasteiger partial charge on any atom is 0.254 e. The van der Waals surface area contributed by atoms with Gasteiger partial charge in [-0.15, -0.1) is 0 Å². The van der Waals surface area contributed by atoms with Crippen LogP contribution in [0.1, 0.15) is 16.8 Å². The highest BCUT2D eigenvalue weighted by molar-refractivity contribution is 5.93. The monoisotopic (exact) mass is 340 g/mol. The van der Waals surface area contributed by atoms with Crippen molar-refractivity contribution in [3.8, 4) is 11.4 Å². The van der Waals surface area contributed by atoms with Gasteiger partial charge in [0.15, 0.2) is 5.82 Å². The van der Waals surface area contributed by atoms with Gasteiger partial charge in [0.25, 0.3) is 5.91 Å². The molecule has 0 bridgehead atoms. The summed E-state index contributed by atoms with van der Waals surface area (Å²) in [5.41, 5.74) is 1.31. The van der Waals surface area contributed by atoms with Gasteiger partial charge >= 0.3 is 0 Å². The van der Waals surface area contributed by atoms with Crippen molar-refractivity contribution in [3.63, 3.8) is 0 Å². The van der Waals surface area contributed by atoms with Crippen LogP contribution in [0.5, 0.6) is 0 Å². The van der Waals surface area contributed by atoms with E-state index in [9.17, 15) is 4.79 Å². The molecular formula is C18H24N6O. The Balaban J connectivity index is 1.42. The van der Waals surface area contributed by atoms with Crippen molar-refractivity contribution < 1.29 is 4.79 Å². The van der Waals surface area contributed by atoms with E-state index in [0.29, 0.717) is 17.9 Å². The molecule has 132 valence electrons. The summed E-state index contributed by atoms with van der Waals surface area (Å²) in [4.78, 5) is 29.5. The van der Waals surface area contributed by atoms with Crippen LogP contribution in [-0.2, 0) is 0 Å². The van der Waals surface area contributed by atoms with Crippen molar-refractivity contribution in [1.82, 2.24) is 30.1 Å². The molecule has 3 rings (SSSR count). The molecule has 1 amide bonds. The molecule has 1 saturated heterocycles. The number of carbonyl (C=O) groups is 1. The maximum absolute atomic E-state index is 12.2. The van der Waals surface area contributed by atoms with Crippen molar-refractivity contribution in [3.05, 3.63) is 42.5 Å². The highest BCUT2D eigenvalue weighted by atomic mass is 16.1. The van der Waals surface area contributed by atoms with Crippen LogP contribution in [-0.4, -0.2) is 77.0 Å². The number of likely N-dealkylation sites (N-methyl/N-ethyl adjacent to an activating group) is 1. The Hall–Kier alpha value is -2.38. The first-order valence-electron chi connectivity index (χ1n) is 8.64. The van der Waals surface area contributed by atoms with E-state index in [1.165, 1.54) is 0 Å². The SMILES string of the molecule is CN1CCN(CCCNC(=O)c2cnc(-c3cccnc3)nc2)CC1. The molecule has 1 fully saturated rings. The molecule has 0 radical (unpaired) electrons. The first-order valence-corrected chi connectivity index (χ1v) is 8.64. The molecule has 1 aliphatic rings. The molecule has 0 aromatic carbocycles. The Morgan fingerprint density at radius 2 is 1.92 bits per heavy atom. The van der Waals surface area contributed by atoms with Gasteiger partial charge in [0, 0.05) is 63.1 Å². The lowest BCUT2D eigenvalue weighted by Gasteiger charge is -2.32. The smallest absolute Gasteiger partial charge is 0.254 e. The quantitative estimate of drug-likeness (QED) is 0.788. The first kappa shape index (κ1) is 17.4. The van der Waals surface area contributed by atoms with Crippen LogP contribution in [0.4, 0.5) is 0 Å². The number of aromatic nitrogens is 3. The van der Waals surface area contributed by atoms with Gasteiger partial charge in [0.2, 0.25) is 0 Å². The third-order valence-corrected chi connectivity index (χ3v) is 4.37. The normalized spacial score (nSPS) is 15.9. The lowest BCUT2D eigenvalue weighted by molar-refractivity contribution is 0.0948. The summed E-state index contributed by atoms with van der Waals surface area (Å²) in [6.45, 7) is 6.13. The van der Waals surface area contributed by atoms with Crippen LogP contribution in [0, 0.1) is 0 Å². The summed E-state index contributed by atoms with van der Waals surface area (Å²) in [6, 6.07) is 3.72. The van der Waals surface area contributed by atoms with E-state index in [0.717, 1.165) is 44.7 Å². The van der Waals surface area contributed by atoms with Crippen LogP contribution in [0.15, 0.2) is 36.9 Å². The zero-order valence-corrected chi connectivity index (χ0v) is 14.6. The summed E-state index contributed by atoms with van der Waals surface area (Å²) >= 11 is 0. The summed E-state index contributed by atoms with van der Waals surface area (Å²) < 4.78 is 0. The zero-order valence-electron chi connectivity index (χ0n) is 14.6. The fourth-order valence-corrected chi connectivity index (χ4v) is 2.77. The molecule has 0 atom stereocenters. The van der Waals surface area contributed by atoms with E-state index < -0.39 is 0 Å². The maximum atomic E-state index is 12.2. The fourth-order valence-electron chi connectivity index (χ4n) is 2.77. The Kier molecular flexibility index (Phi) is 6.03. The number of piperazine rings is 1. The number of nitrogens with zero attached hydrogens (tertiary/aromatic N) is 5. The molecule has 0 unspecified atom stereocenters. The Labute approximate surface area is 148 Å². The molecule has 3 heterocycles. The molecule has 7 nitrogen and oxygen atoms in total. The fraction of sp³-hybridized carbons (Fsp3) is 0.444. The first-order chi connectivity index (χ1) is 12.2. The average molecular weight is 340 g/mol. The van der Waals surface area contributed by atoms with Crippen molar-refractivity contribution in [1.29, 1.82) is 0 Å². The number of hydrogen-bond donors (Lipinski definition) is 1. The molecule has 0 spiro atoms. The second-order valence-electron chi connectivity index (χ2n) is 6.29. The number of rotatable bonds is 6. The van der Waals surface area contributed by atoms with E-state index >= 15 is 0 Å². The minimum atomic E-state index is -0.129. The van der Waals surface area contributed by atoms with Gasteiger partial charge in [-0.25, -0.2) is 9.97 Å². The highest BCUT2D eigenvalue weighted by Gasteiger charge is 2.13. The van der Waals surface area contributed by atoms with Gasteiger partial charge < -0.3 is 15.1 Å². The second kappa shape index (κ2) is 8.64. The minimum Gasteiger partial charge on any atom is -0.352 e. The van der Waals surface area contributed by atoms with E-state index in [-0.39, 0.29) is 5.91 Å². The highest BCUT2D eigenvalue weighted by Crippen LogP contribution is 2.11. The predicted molar refractivity (Wildman–Crippen MR) is 96.2 cm³/mol. The number of nitrogens with one attached hydrogen (secondary N) is 1. The van der Waals surface area contributed by atoms with Gasteiger partial charge in [-0.3, -0.25) is 9.78 Å². The van der Waals surface area contributed by atoms with Crippen LogP contribution >= 0.6 is 0 Å². The molecule has 25 heavy (non-hydrogen) atoms. The standard InChI is InChI=1S/C18H24N6O/c1-23-8-10-24(11-9-23)7-3-6-20-18(25)16-13-21-17(22-14-16)15-4-2-5-19-12-15/h2,4-5,12-14H,3,6-11H2,1H3,(H,20,25). The largest absolute Gasteiger partial charge is 0.352 e. The second-order valence-corrected chi connectivity index (χ2v) is 6.29. The summed E-state index contributed by atoms with van der Waals surface area (Å²) in [5.74, 6) is 0.441. The molecule has 1 aliphatic heterocycles. The topological polar surface area (TPSA) is 74.2 Å². The van der Waals surface area contributed by atoms with Crippen LogP contribution in [0.2, 0.25) is 0 Å². The Morgan fingerprint density at radius 1 is 1.16 bits per heavy atom. The molecule has 0 aliphatic carbocycles. The lowest BCUT2D eigenvalue weighted by atomic mass is 10.2. The molecule has 2 aromatic heterocycles. The minimum absolute atomic E-state index is 0.129. The summed E-state index contributed by atoms with van der Waals surface area (Å²) in [5, 5.41) is 2.94. The van der Waals surface area contributed by atoms with E-state index in [2.05, 4.69) is 37.1 Å². The van der Waals surface area contributed by atoms with Gasteiger partial charge in [-0.1, -0.05) is 0 Å². The predicted octanol–water partition coefficient (Wildman–Crippen LogP) is 0.906. The van der Waals surface area contributed by atoms with E-state index in [4.69, 9.17) is 0 Å². The van der Waals surface area contributed by atoms with Crippen molar-refractivity contribution >= 4 is 5.91 Å². The van der Waals surface area contributed by atoms with Gasteiger partial charge in [0.05, 0.1) is 5.56 Å². The van der Waals surface area contributed by atoms with Gasteiger partial charge in [-0.05, 0) is 32.1 Å². The third kappa shape index (κ3) is 5.04. The van der Waals surface area contributed by atoms with Gasteiger partial charge in [0.1, 0.15) is 0 Å². The number of amides is 1. The third-order valence-electron chi connectivity index (χ3n) is 4.37. The van der Waals surface area contributed by atoms with Crippen molar-refractivity contribution in [2.45, 2.75) is 6.42 Å². The van der Waals surface area contributed by atoms with Crippen LogP contribution < -0.4 is 5.32 Å². The van der Waals surface area contributed by atoms with Crippen molar-refractivity contribution in [2.24, 2.45) is 0 Å². The number of carbonyl (C=O) groups excluding carboxylic acids is 1. The number of hydrogen-bond acceptors (Lipinski definition) is 6. The summed E-state index contributed by atoms with van der Waals surface area (Å²) in [6.07, 6.45) is 7.47. The molecule has 2 aromatic rings. The molecular weight excluding hydrogens is 316 g/mol. The van der Waals surface area contributed by atoms with E-state index in [1.54, 1.807) is 24.8 Å². The Morgan fingerprint density at radius 3 is 2.60 bits per heavy atom. The summed E-state index contributed by atoms with van der Waals surface area (Å²) in [7, 11) is 2.15. The van der Waals surface area contributed by atoms with E-state index in [1.807, 2.05) is 12.1 Å². The average Bonchev–Trinajstić information content (AvgIpc) is 2.67. The van der Waals surface area contributed by atoms with Crippen LogP contribution in [0.3, 0.4) is 0 Å². The Bertz CT molecular complexity index is 668. The lowest BCUT2D eigenvalue weighted by Crippen LogP contribution is -2.45. The van der Waals surface area contributed by atoms with Gasteiger partial charge in [-0.2, -0.15) is 0 Å². The molecule has 1 N–H and O–H groups in total. The number of pyridine rings is 1. The van der Waals surface area contributed by atoms with Crippen LogP contribution in [0.25, 0.3) is 11.4 Å².